The number of aromatic hydroxyl groups is 2. The molecule has 3 heterocycles. The van der Waals surface area contributed by atoms with E-state index in [1.807, 2.05) is 13.6 Å². The van der Waals surface area contributed by atoms with Crippen molar-refractivity contribution in [1.29, 1.82) is 0 Å². The van der Waals surface area contributed by atoms with Crippen LogP contribution in [0, 0.1) is 0 Å². The summed E-state index contributed by atoms with van der Waals surface area (Å²) in [6.45, 7) is 11.2. The Balaban J connectivity index is 0. The summed E-state index contributed by atoms with van der Waals surface area (Å²) in [5, 5.41) is 20.8. The van der Waals surface area contributed by atoms with Crippen molar-refractivity contribution < 1.29 is 57.9 Å². The van der Waals surface area contributed by atoms with E-state index in [2.05, 4.69) is 36.6 Å². The molecule has 2 aromatic heterocycles. The first kappa shape index (κ1) is 39.3. The van der Waals surface area contributed by atoms with Gasteiger partial charge < -0.3 is 38.7 Å². The zero-order valence-electron chi connectivity index (χ0n) is 22.2. The first-order valence-corrected chi connectivity index (χ1v) is 15.0. The number of carbonyl (C=O) groups is 6. The molecule has 0 saturated heterocycles. The maximum absolute atomic E-state index is 11.7. The summed E-state index contributed by atoms with van der Waals surface area (Å²) in [5.74, 6) is -2.23. The minimum atomic E-state index is -0.747. The van der Waals surface area contributed by atoms with Crippen molar-refractivity contribution in [3.8, 4) is 23.0 Å². The number of carbonyl (C=O) groups excluding carboxylic acids is 6. The highest BCUT2D eigenvalue weighted by molar-refractivity contribution is 9.11. The average molecular weight is 734 g/mol. The predicted octanol–water partition coefficient (Wildman–Crippen LogP) is 4.84. The fourth-order valence-corrected chi connectivity index (χ4v) is 4.36. The maximum atomic E-state index is 11.7. The molecule has 0 radical (unpaired) electrons. The van der Waals surface area contributed by atoms with Gasteiger partial charge in [-0.3, -0.25) is 9.59 Å². The van der Waals surface area contributed by atoms with Gasteiger partial charge in [-0.25, -0.2) is 9.59 Å². The van der Waals surface area contributed by atoms with Gasteiger partial charge in [0.2, 0.25) is 0 Å². The molecule has 224 valence electrons. The smallest absolute Gasteiger partial charge is 0.352 e. The molecule has 12 nitrogen and oxygen atoms in total. The van der Waals surface area contributed by atoms with Crippen molar-refractivity contribution in [2.75, 3.05) is 37.1 Å². The third-order valence-corrected chi connectivity index (χ3v) is 8.23. The Labute approximate surface area is 255 Å². The lowest BCUT2D eigenvalue weighted by atomic mass is 10.3. The largest absolute Gasteiger partial charge is 0.503 e. The van der Waals surface area contributed by atoms with Gasteiger partial charge in [-0.05, 0) is 13.8 Å². The van der Waals surface area contributed by atoms with Crippen LogP contribution in [0.2, 0.25) is 0 Å². The zero-order valence-corrected chi connectivity index (χ0v) is 27.0. The Kier molecular flexibility index (Phi) is 21.6. The molecule has 0 amide bonds. The number of ether oxygens (including phenoxy) is 4. The molecule has 2 aromatic rings. The van der Waals surface area contributed by atoms with E-state index in [1.54, 1.807) is 13.8 Å². The second-order valence-electron chi connectivity index (χ2n) is 6.50. The molecular formula is C24H30Br2O12S2. The van der Waals surface area contributed by atoms with Crippen LogP contribution in [0.25, 0.3) is 0 Å². The molecule has 1 aliphatic rings. The number of Topliss-reactive ketones (excluding diaryl/α,β-unsaturated/α-hetero) is 2. The number of hydrogen-bond donors (Lipinski definition) is 2. The lowest BCUT2D eigenvalue weighted by Gasteiger charge is -2.16. The SMILES string of the molecule is BrCCBr.C=O.C=O.CCOC(=O)c1sc(C(C)=O)c(O)c1O.CCOC(=O)c1sc(C(C)=O)c2c1OCCO2. The molecule has 0 atom stereocenters. The lowest BCUT2D eigenvalue weighted by Crippen LogP contribution is -2.17. The Bertz CT molecular complexity index is 1110. The summed E-state index contributed by atoms with van der Waals surface area (Å²) in [5.41, 5.74) is 0. The predicted molar refractivity (Wildman–Crippen MR) is 157 cm³/mol. The highest BCUT2D eigenvalue weighted by Gasteiger charge is 2.30. The molecule has 0 unspecified atom stereocenters. The number of hydrogen-bond acceptors (Lipinski definition) is 14. The normalized spacial score (nSPS) is 10.3. The summed E-state index contributed by atoms with van der Waals surface area (Å²) in [4.78, 5) is 61.9. The molecule has 40 heavy (non-hydrogen) atoms. The van der Waals surface area contributed by atoms with E-state index in [0.29, 0.717) is 34.5 Å². The fraction of sp³-hybridized carbons (Fsp3) is 0.417. The number of thiophene rings is 2. The highest BCUT2D eigenvalue weighted by atomic mass is 79.9. The van der Waals surface area contributed by atoms with Gasteiger partial charge in [0, 0.05) is 24.5 Å². The molecule has 16 heteroatoms. The Morgan fingerprint density at radius 1 is 0.725 bits per heavy atom. The van der Waals surface area contributed by atoms with Gasteiger partial charge in [0.05, 0.1) is 13.2 Å². The van der Waals surface area contributed by atoms with E-state index in [-0.39, 0.29) is 28.8 Å². The summed E-state index contributed by atoms with van der Waals surface area (Å²) < 4.78 is 20.3. The fourth-order valence-electron chi connectivity index (χ4n) is 2.50. The van der Waals surface area contributed by atoms with Crippen molar-refractivity contribution in [3.05, 3.63) is 19.5 Å². The lowest BCUT2D eigenvalue weighted by molar-refractivity contribution is -0.0987. The van der Waals surface area contributed by atoms with Crippen LogP contribution in [0.1, 0.15) is 66.4 Å². The van der Waals surface area contributed by atoms with E-state index in [9.17, 15) is 29.4 Å². The van der Waals surface area contributed by atoms with E-state index in [0.717, 1.165) is 33.3 Å². The monoisotopic (exact) mass is 732 g/mol. The quantitative estimate of drug-likeness (QED) is 0.225. The van der Waals surface area contributed by atoms with Crippen LogP contribution in [0.15, 0.2) is 0 Å². The molecular weight excluding hydrogens is 704 g/mol. The van der Waals surface area contributed by atoms with Crippen LogP contribution in [0.3, 0.4) is 0 Å². The minimum absolute atomic E-state index is 0.0458. The van der Waals surface area contributed by atoms with E-state index >= 15 is 0 Å². The molecule has 0 aliphatic carbocycles. The molecule has 0 fully saturated rings. The van der Waals surface area contributed by atoms with Crippen LogP contribution in [0.5, 0.6) is 23.0 Å². The van der Waals surface area contributed by atoms with Crippen molar-refractivity contribution in [3.63, 3.8) is 0 Å². The number of alkyl halides is 2. The third kappa shape index (κ3) is 11.7. The van der Waals surface area contributed by atoms with Crippen molar-refractivity contribution >= 4 is 91.6 Å². The minimum Gasteiger partial charge on any atom is -0.503 e. The molecule has 0 saturated carbocycles. The van der Waals surface area contributed by atoms with Crippen molar-refractivity contribution in [2.45, 2.75) is 27.7 Å². The summed E-state index contributed by atoms with van der Waals surface area (Å²) >= 11 is 8.18. The average Bonchev–Trinajstić information content (AvgIpc) is 3.50. The molecule has 0 bridgehead atoms. The second kappa shape index (κ2) is 21.9. The van der Waals surface area contributed by atoms with Gasteiger partial charge in [-0.2, -0.15) is 0 Å². The van der Waals surface area contributed by atoms with Crippen LogP contribution >= 0.6 is 54.5 Å². The van der Waals surface area contributed by atoms with Gasteiger partial charge in [0.1, 0.15) is 36.5 Å². The highest BCUT2D eigenvalue weighted by Crippen LogP contribution is 2.44. The van der Waals surface area contributed by atoms with E-state index in [1.165, 1.54) is 13.8 Å². The van der Waals surface area contributed by atoms with Gasteiger partial charge in [0.25, 0.3) is 0 Å². The summed E-state index contributed by atoms with van der Waals surface area (Å²) in [6.07, 6.45) is 0. The van der Waals surface area contributed by atoms with Crippen molar-refractivity contribution in [2.24, 2.45) is 0 Å². The van der Waals surface area contributed by atoms with E-state index < -0.39 is 29.2 Å². The van der Waals surface area contributed by atoms with Crippen molar-refractivity contribution in [1.82, 2.24) is 0 Å². The van der Waals surface area contributed by atoms with Gasteiger partial charge >= 0.3 is 11.9 Å². The summed E-state index contributed by atoms with van der Waals surface area (Å²) in [7, 11) is 0. The van der Waals surface area contributed by atoms with Gasteiger partial charge in [-0.15, -0.1) is 22.7 Å². The standard InChI is InChI=1S/C11H12O5S.C9H10O5S.C2H4Br2.2CH2O/c1-3-14-11(13)10-8-7(15-4-5-16-8)9(17-10)6(2)12;1-3-14-9(13)8-6(12)5(11)7(15-8)4(2)10;3-1-2-4;2*1-2/h3-5H2,1-2H3;11-12H,3H2,1-2H3;1-2H2;2*1H2. The zero-order chi connectivity index (χ0) is 31.4. The first-order chi connectivity index (χ1) is 19.0. The molecule has 1 aliphatic heterocycles. The van der Waals surface area contributed by atoms with Gasteiger partial charge in [0.15, 0.2) is 44.3 Å². The number of esters is 2. The van der Waals surface area contributed by atoms with Crippen LogP contribution < -0.4 is 9.47 Å². The van der Waals surface area contributed by atoms with Crippen LogP contribution in [-0.2, 0) is 19.1 Å². The van der Waals surface area contributed by atoms with E-state index in [4.69, 9.17) is 23.8 Å². The number of halogens is 2. The topological polar surface area (TPSA) is 180 Å². The Morgan fingerprint density at radius 2 is 1.07 bits per heavy atom. The summed E-state index contributed by atoms with van der Waals surface area (Å²) in [6, 6.07) is 0. The third-order valence-electron chi connectivity index (χ3n) is 3.89. The maximum Gasteiger partial charge on any atom is 0.352 e. The second-order valence-corrected chi connectivity index (χ2v) is 10.1. The molecule has 0 aromatic carbocycles. The molecule has 2 N–H and O–H groups in total. The molecule has 0 spiro atoms. The van der Waals surface area contributed by atoms with Gasteiger partial charge in [-0.1, -0.05) is 31.9 Å². The number of rotatable bonds is 7. The van der Waals surface area contributed by atoms with Crippen LogP contribution in [-0.4, -0.2) is 84.4 Å². The molecule has 3 rings (SSSR count). The first-order valence-electron chi connectivity index (χ1n) is 11.1. The Morgan fingerprint density at radius 3 is 1.43 bits per heavy atom. The Hall–Kier alpha value is -2.82. The number of ketones is 2. The number of fused-ring (bicyclic) bond motifs is 1. The van der Waals surface area contributed by atoms with Crippen LogP contribution in [0.4, 0.5) is 0 Å².